The van der Waals surface area contributed by atoms with Gasteiger partial charge in [0.1, 0.15) is 5.82 Å². The third-order valence-electron chi connectivity index (χ3n) is 3.58. The summed E-state index contributed by atoms with van der Waals surface area (Å²) in [7, 11) is 0. The van der Waals surface area contributed by atoms with Gasteiger partial charge >= 0.3 is 0 Å². The van der Waals surface area contributed by atoms with Crippen molar-refractivity contribution in [3.8, 4) is 0 Å². The molecule has 0 saturated carbocycles. The Morgan fingerprint density at radius 3 is 2.52 bits per heavy atom. The maximum atomic E-state index is 13.7. The van der Waals surface area contributed by atoms with E-state index < -0.39 is 0 Å². The van der Waals surface area contributed by atoms with Crippen LogP contribution in [0.3, 0.4) is 0 Å². The molecule has 0 radical (unpaired) electrons. The van der Waals surface area contributed by atoms with Crippen LogP contribution in [0.4, 0.5) is 4.39 Å². The fourth-order valence-corrected chi connectivity index (χ4v) is 3.35. The van der Waals surface area contributed by atoms with Crippen molar-refractivity contribution >= 4 is 11.3 Å². The van der Waals surface area contributed by atoms with Crippen LogP contribution in [0, 0.1) is 11.7 Å². The molecule has 21 heavy (non-hydrogen) atoms. The van der Waals surface area contributed by atoms with E-state index >= 15 is 0 Å². The minimum absolute atomic E-state index is 0.0680. The quantitative estimate of drug-likeness (QED) is 0.908. The summed E-state index contributed by atoms with van der Waals surface area (Å²) in [5, 5.41) is 3.21. The van der Waals surface area contributed by atoms with E-state index in [9.17, 15) is 4.39 Å². The largest absolute Gasteiger partial charge is 0.330 e. The first-order valence-corrected chi connectivity index (χ1v) is 8.16. The number of benzene rings is 1. The number of aromatic nitrogens is 1. The van der Waals surface area contributed by atoms with Gasteiger partial charge in [0, 0.05) is 17.2 Å². The first-order valence-electron chi connectivity index (χ1n) is 7.28. The summed E-state index contributed by atoms with van der Waals surface area (Å²) in [4.78, 5) is 4.70. The molecule has 0 amide bonds. The van der Waals surface area contributed by atoms with Crippen LogP contribution in [-0.4, -0.2) is 11.5 Å². The predicted molar refractivity (Wildman–Crippen MR) is 87.2 cm³/mol. The maximum Gasteiger partial charge on any atom is 0.126 e. The van der Waals surface area contributed by atoms with E-state index in [1.165, 1.54) is 6.07 Å². The van der Waals surface area contributed by atoms with Crippen LogP contribution in [0.25, 0.3) is 0 Å². The van der Waals surface area contributed by atoms with Gasteiger partial charge in [0.2, 0.25) is 0 Å². The molecule has 114 valence electrons. The van der Waals surface area contributed by atoms with Gasteiger partial charge in [-0.25, -0.2) is 9.37 Å². The molecule has 0 saturated heterocycles. The Hall–Kier alpha value is -1.26. The molecular formula is C17H23FN2S. The molecule has 2 aromatic rings. The van der Waals surface area contributed by atoms with Crippen molar-refractivity contribution in [1.29, 1.82) is 0 Å². The average Bonchev–Trinajstić information content (AvgIpc) is 2.89. The van der Waals surface area contributed by atoms with Gasteiger partial charge < -0.3 is 5.73 Å². The standard InChI is InChI=1S/C17H23FN2S/c1-17(2,3)15-11-21-16(20-15)9-12(10-19)8-13-6-4-5-7-14(13)18/h4-7,11-12H,8-10,19H2,1-3H3. The number of halogens is 1. The Morgan fingerprint density at radius 1 is 1.24 bits per heavy atom. The van der Waals surface area contributed by atoms with Crippen molar-refractivity contribution in [2.75, 3.05) is 6.54 Å². The van der Waals surface area contributed by atoms with Crippen LogP contribution in [0.5, 0.6) is 0 Å². The lowest BCUT2D eigenvalue weighted by molar-refractivity contribution is 0.507. The van der Waals surface area contributed by atoms with E-state index in [0.29, 0.717) is 13.0 Å². The van der Waals surface area contributed by atoms with Gasteiger partial charge in [-0.3, -0.25) is 0 Å². The lowest BCUT2D eigenvalue weighted by Crippen LogP contribution is -2.20. The second kappa shape index (κ2) is 6.67. The van der Waals surface area contributed by atoms with E-state index in [2.05, 4.69) is 26.2 Å². The first kappa shape index (κ1) is 16.1. The highest BCUT2D eigenvalue weighted by Crippen LogP contribution is 2.25. The average molecular weight is 306 g/mol. The Bertz CT molecular complexity index is 586. The maximum absolute atomic E-state index is 13.7. The molecule has 1 atom stereocenters. The van der Waals surface area contributed by atoms with Crippen LogP contribution in [0.2, 0.25) is 0 Å². The molecule has 1 aromatic carbocycles. The highest BCUT2D eigenvalue weighted by atomic mass is 32.1. The zero-order valence-electron chi connectivity index (χ0n) is 12.9. The molecule has 2 rings (SSSR count). The minimum Gasteiger partial charge on any atom is -0.330 e. The van der Waals surface area contributed by atoms with Crippen molar-refractivity contribution in [3.63, 3.8) is 0 Å². The molecule has 2 N–H and O–H groups in total. The SMILES string of the molecule is CC(C)(C)c1csc(CC(CN)Cc2ccccc2F)n1. The number of thiazole rings is 1. The minimum atomic E-state index is -0.148. The van der Waals surface area contributed by atoms with Gasteiger partial charge in [-0.1, -0.05) is 39.0 Å². The van der Waals surface area contributed by atoms with Crippen molar-refractivity contribution in [1.82, 2.24) is 4.98 Å². The van der Waals surface area contributed by atoms with Crippen LogP contribution in [0.15, 0.2) is 29.6 Å². The monoisotopic (exact) mass is 306 g/mol. The van der Waals surface area contributed by atoms with E-state index in [1.54, 1.807) is 17.4 Å². The fraction of sp³-hybridized carbons (Fsp3) is 0.471. The summed E-state index contributed by atoms with van der Waals surface area (Å²) < 4.78 is 13.7. The fourth-order valence-electron chi connectivity index (χ4n) is 2.21. The van der Waals surface area contributed by atoms with Crippen LogP contribution in [0.1, 0.15) is 37.0 Å². The Balaban J connectivity index is 2.06. The highest BCUT2D eigenvalue weighted by Gasteiger charge is 2.19. The Kier molecular flexibility index (Phi) is 5.12. The highest BCUT2D eigenvalue weighted by molar-refractivity contribution is 7.09. The number of nitrogens with two attached hydrogens (primary N) is 1. The Labute approximate surface area is 130 Å². The number of hydrogen-bond donors (Lipinski definition) is 1. The lowest BCUT2D eigenvalue weighted by atomic mass is 9.93. The smallest absolute Gasteiger partial charge is 0.126 e. The van der Waals surface area contributed by atoms with E-state index in [-0.39, 0.29) is 17.2 Å². The third-order valence-corrected chi connectivity index (χ3v) is 4.45. The molecule has 2 nitrogen and oxygen atoms in total. The molecule has 1 unspecified atom stereocenters. The van der Waals surface area contributed by atoms with E-state index in [1.807, 2.05) is 12.1 Å². The van der Waals surface area contributed by atoms with Crippen LogP contribution in [-0.2, 0) is 18.3 Å². The van der Waals surface area contributed by atoms with Crippen molar-refractivity contribution in [2.45, 2.75) is 39.0 Å². The lowest BCUT2D eigenvalue weighted by Gasteiger charge is -2.15. The molecule has 1 aromatic heterocycles. The summed E-state index contributed by atoms with van der Waals surface area (Å²) in [6.45, 7) is 7.02. The summed E-state index contributed by atoms with van der Waals surface area (Å²) >= 11 is 1.67. The molecule has 0 fully saturated rings. The van der Waals surface area contributed by atoms with E-state index in [4.69, 9.17) is 10.7 Å². The van der Waals surface area contributed by atoms with Crippen LogP contribution < -0.4 is 5.73 Å². The van der Waals surface area contributed by atoms with Gasteiger partial charge in [0.25, 0.3) is 0 Å². The number of nitrogens with zero attached hydrogens (tertiary/aromatic N) is 1. The molecule has 0 bridgehead atoms. The summed E-state index contributed by atoms with van der Waals surface area (Å²) in [6, 6.07) is 6.92. The van der Waals surface area contributed by atoms with Gasteiger partial charge in [0.05, 0.1) is 10.7 Å². The topological polar surface area (TPSA) is 38.9 Å². The van der Waals surface area contributed by atoms with E-state index in [0.717, 1.165) is 22.7 Å². The van der Waals surface area contributed by atoms with Crippen molar-refractivity contribution < 1.29 is 4.39 Å². The van der Waals surface area contributed by atoms with Crippen molar-refractivity contribution in [3.05, 3.63) is 51.7 Å². The van der Waals surface area contributed by atoms with Crippen molar-refractivity contribution in [2.24, 2.45) is 11.7 Å². The summed E-state index contributed by atoms with van der Waals surface area (Å²) in [6.07, 6.45) is 1.47. The second-order valence-electron chi connectivity index (χ2n) is 6.48. The summed E-state index contributed by atoms with van der Waals surface area (Å²) in [5.41, 5.74) is 7.79. The number of hydrogen-bond acceptors (Lipinski definition) is 3. The van der Waals surface area contributed by atoms with Gasteiger partial charge in [-0.15, -0.1) is 11.3 Å². The predicted octanol–water partition coefficient (Wildman–Crippen LogP) is 3.94. The zero-order chi connectivity index (χ0) is 15.5. The molecule has 0 aliphatic carbocycles. The van der Waals surface area contributed by atoms with Crippen LogP contribution >= 0.6 is 11.3 Å². The van der Waals surface area contributed by atoms with Gasteiger partial charge in [0.15, 0.2) is 0 Å². The normalized spacial score (nSPS) is 13.4. The number of rotatable bonds is 5. The third kappa shape index (κ3) is 4.35. The molecule has 0 aliphatic heterocycles. The molecular weight excluding hydrogens is 283 g/mol. The first-order chi connectivity index (χ1) is 9.90. The summed E-state index contributed by atoms with van der Waals surface area (Å²) in [5.74, 6) is 0.0753. The zero-order valence-corrected chi connectivity index (χ0v) is 13.7. The molecule has 0 aliphatic rings. The van der Waals surface area contributed by atoms with Gasteiger partial charge in [-0.2, -0.15) is 0 Å². The Morgan fingerprint density at radius 2 is 1.95 bits per heavy atom. The molecule has 4 heteroatoms. The molecule has 1 heterocycles. The van der Waals surface area contributed by atoms with Gasteiger partial charge in [-0.05, 0) is 30.5 Å². The molecule has 0 spiro atoms. The second-order valence-corrected chi connectivity index (χ2v) is 7.42.